The van der Waals surface area contributed by atoms with Gasteiger partial charge in [-0.1, -0.05) is 0 Å². The number of nitrogen functional groups attached to an aromatic ring is 1. The molecule has 0 amide bonds. The van der Waals surface area contributed by atoms with Crippen molar-refractivity contribution in [2.75, 3.05) is 5.73 Å². The van der Waals surface area contributed by atoms with Crippen LogP contribution < -0.4 is 5.73 Å². The Morgan fingerprint density at radius 1 is 1.30 bits per heavy atom. The molecule has 3 aromatic rings. The second kappa shape index (κ2) is 4.59. The summed E-state index contributed by atoms with van der Waals surface area (Å²) in [5.74, 6) is -1.17. The maximum Gasteiger partial charge on any atom is 0.201 e. The molecule has 104 valence electrons. The van der Waals surface area contributed by atoms with Gasteiger partial charge in [0.05, 0.1) is 11.7 Å². The maximum atomic E-state index is 13.6. The summed E-state index contributed by atoms with van der Waals surface area (Å²) in [7, 11) is 1.83. The van der Waals surface area contributed by atoms with E-state index in [0.29, 0.717) is 18.5 Å². The van der Waals surface area contributed by atoms with Crippen LogP contribution in [0.25, 0.3) is 11.0 Å². The fourth-order valence-electron chi connectivity index (χ4n) is 2.24. The third-order valence-electron chi connectivity index (χ3n) is 3.18. The Morgan fingerprint density at radius 2 is 2.10 bits per heavy atom. The van der Waals surface area contributed by atoms with Crippen LogP contribution in [0.15, 0.2) is 24.5 Å². The molecule has 5 nitrogen and oxygen atoms in total. The van der Waals surface area contributed by atoms with Crippen molar-refractivity contribution in [3.63, 3.8) is 0 Å². The average molecular weight is 277 g/mol. The SMILES string of the molecule is Cn1cc(CCn2c(N)nc3c(F)cc(F)cc32)cn1. The van der Waals surface area contributed by atoms with Crippen LogP contribution in [-0.2, 0) is 20.0 Å². The Kier molecular flexibility index (Phi) is 2.89. The molecule has 0 fully saturated rings. The summed E-state index contributed by atoms with van der Waals surface area (Å²) >= 11 is 0. The van der Waals surface area contributed by atoms with Gasteiger partial charge < -0.3 is 10.3 Å². The zero-order valence-corrected chi connectivity index (χ0v) is 10.8. The molecule has 0 radical (unpaired) electrons. The Bertz CT molecular complexity index is 775. The molecule has 0 aliphatic rings. The largest absolute Gasteiger partial charge is 0.369 e. The molecule has 0 spiro atoms. The summed E-state index contributed by atoms with van der Waals surface area (Å²) in [4.78, 5) is 3.95. The van der Waals surface area contributed by atoms with Gasteiger partial charge in [-0.15, -0.1) is 0 Å². The molecule has 0 aliphatic carbocycles. The van der Waals surface area contributed by atoms with E-state index < -0.39 is 11.6 Å². The van der Waals surface area contributed by atoms with Gasteiger partial charge in [0, 0.05) is 31.9 Å². The van der Waals surface area contributed by atoms with Crippen molar-refractivity contribution in [3.05, 3.63) is 41.7 Å². The lowest BCUT2D eigenvalue weighted by atomic mass is 10.2. The zero-order chi connectivity index (χ0) is 14.3. The number of hydrogen-bond acceptors (Lipinski definition) is 3. The average Bonchev–Trinajstić information content (AvgIpc) is 2.91. The highest BCUT2D eigenvalue weighted by Crippen LogP contribution is 2.22. The lowest BCUT2D eigenvalue weighted by Gasteiger charge is -2.05. The lowest BCUT2D eigenvalue weighted by Crippen LogP contribution is -2.05. The van der Waals surface area contributed by atoms with Crippen LogP contribution in [0.5, 0.6) is 0 Å². The third kappa shape index (κ3) is 2.11. The number of nitrogens with two attached hydrogens (primary N) is 1. The molecular weight excluding hydrogens is 264 g/mol. The highest BCUT2D eigenvalue weighted by atomic mass is 19.1. The first-order chi connectivity index (χ1) is 9.54. The zero-order valence-electron chi connectivity index (χ0n) is 10.8. The van der Waals surface area contributed by atoms with Gasteiger partial charge in [0.15, 0.2) is 5.82 Å². The minimum absolute atomic E-state index is 0.0927. The Labute approximate surface area is 113 Å². The van der Waals surface area contributed by atoms with Crippen LogP contribution in [0.1, 0.15) is 5.56 Å². The highest BCUT2D eigenvalue weighted by Gasteiger charge is 2.13. The van der Waals surface area contributed by atoms with Gasteiger partial charge in [0.25, 0.3) is 0 Å². The Hall–Kier alpha value is -2.44. The molecule has 0 saturated carbocycles. The minimum Gasteiger partial charge on any atom is -0.369 e. The fraction of sp³-hybridized carbons (Fsp3) is 0.231. The molecule has 7 heteroatoms. The highest BCUT2D eigenvalue weighted by molar-refractivity contribution is 5.79. The number of imidazole rings is 1. The second-order valence-corrected chi connectivity index (χ2v) is 4.65. The molecule has 2 heterocycles. The maximum absolute atomic E-state index is 13.6. The Morgan fingerprint density at radius 3 is 2.80 bits per heavy atom. The van der Waals surface area contributed by atoms with Crippen LogP contribution in [0, 0.1) is 11.6 Å². The van der Waals surface area contributed by atoms with Crippen molar-refractivity contribution < 1.29 is 8.78 Å². The van der Waals surface area contributed by atoms with Crippen LogP contribution in [0.2, 0.25) is 0 Å². The number of aryl methyl sites for hydroxylation is 3. The summed E-state index contributed by atoms with van der Waals surface area (Å²) in [6, 6.07) is 2.05. The number of nitrogens with zero attached hydrogens (tertiary/aromatic N) is 4. The molecule has 0 atom stereocenters. The summed E-state index contributed by atoms with van der Waals surface area (Å²) in [5.41, 5.74) is 7.26. The van der Waals surface area contributed by atoms with E-state index in [-0.39, 0.29) is 11.5 Å². The van der Waals surface area contributed by atoms with E-state index in [4.69, 9.17) is 5.73 Å². The quantitative estimate of drug-likeness (QED) is 0.795. The first-order valence-electron chi connectivity index (χ1n) is 6.13. The van der Waals surface area contributed by atoms with E-state index in [1.165, 1.54) is 6.07 Å². The number of rotatable bonds is 3. The second-order valence-electron chi connectivity index (χ2n) is 4.65. The molecule has 0 saturated heterocycles. The van der Waals surface area contributed by atoms with Crippen LogP contribution in [0.4, 0.5) is 14.7 Å². The van der Waals surface area contributed by atoms with E-state index >= 15 is 0 Å². The molecule has 0 unspecified atom stereocenters. The standard InChI is InChI=1S/C13H13F2N5/c1-19-7-8(6-17-19)2-3-20-11-5-9(14)4-10(15)12(11)18-13(20)16/h4-7H,2-3H2,1H3,(H2,16,18). The number of aromatic nitrogens is 4. The molecule has 2 N–H and O–H groups in total. The van der Waals surface area contributed by atoms with Gasteiger partial charge in [-0.3, -0.25) is 4.68 Å². The molecular formula is C13H13F2N5. The topological polar surface area (TPSA) is 61.7 Å². The predicted molar refractivity (Wildman–Crippen MR) is 71.0 cm³/mol. The number of benzene rings is 1. The fourth-order valence-corrected chi connectivity index (χ4v) is 2.24. The van der Waals surface area contributed by atoms with Crippen LogP contribution >= 0.6 is 0 Å². The molecule has 20 heavy (non-hydrogen) atoms. The van der Waals surface area contributed by atoms with Crippen molar-refractivity contribution in [1.29, 1.82) is 0 Å². The summed E-state index contributed by atoms with van der Waals surface area (Å²) in [6.07, 6.45) is 4.29. The summed E-state index contributed by atoms with van der Waals surface area (Å²) < 4.78 is 30.2. The van der Waals surface area contributed by atoms with E-state index in [0.717, 1.165) is 11.6 Å². The molecule has 2 aromatic heterocycles. The van der Waals surface area contributed by atoms with E-state index in [1.807, 2.05) is 13.2 Å². The summed E-state index contributed by atoms with van der Waals surface area (Å²) in [5, 5.41) is 4.07. The lowest BCUT2D eigenvalue weighted by molar-refractivity contribution is 0.589. The normalized spacial score (nSPS) is 11.3. The van der Waals surface area contributed by atoms with Crippen LogP contribution in [0.3, 0.4) is 0 Å². The Balaban J connectivity index is 1.96. The molecule has 0 aliphatic heterocycles. The van der Waals surface area contributed by atoms with Crippen LogP contribution in [-0.4, -0.2) is 19.3 Å². The molecule has 3 rings (SSSR count). The van der Waals surface area contributed by atoms with Gasteiger partial charge in [-0.05, 0) is 12.0 Å². The number of fused-ring (bicyclic) bond motifs is 1. The smallest absolute Gasteiger partial charge is 0.201 e. The van der Waals surface area contributed by atoms with E-state index in [1.54, 1.807) is 15.4 Å². The number of halogens is 2. The van der Waals surface area contributed by atoms with Gasteiger partial charge in [-0.2, -0.15) is 5.10 Å². The van der Waals surface area contributed by atoms with Crippen molar-refractivity contribution in [1.82, 2.24) is 19.3 Å². The van der Waals surface area contributed by atoms with Gasteiger partial charge >= 0.3 is 0 Å². The first kappa shape index (κ1) is 12.6. The van der Waals surface area contributed by atoms with Gasteiger partial charge in [0.1, 0.15) is 11.3 Å². The minimum atomic E-state index is -0.702. The number of anilines is 1. The van der Waals surface area contributed by atoms with Crippen molar-refractivity contribution in [2.24, 2.45) is 7.05 Å². The third-order valence-corrected chi connectivity index (χ3v) is 3.18. The summed E-state index contributed by atoms with van der Waals surface area (Å²) in [6.45, 7) is 0.483. The van der Waals surface area contributed by atoms with Crippen molar-refractivity contribution in [3.8, 4) is 0 Å². The van der Waals surface area contributed by atoms with E-state index in [2.05, 4.69) is 10.1 Å². The predicted octanol–water partition coefficient (Wildman–Crippen LogP) is 1.87. The van der Waals surface area contributed by atoms with E-state index in [9.17, 15) is 8.78 Å². The van der Waals surface area contributed by atoms with Crippen molar-refractivity contribution >= 4 is 17.0 Å². The van der Waals surface area contributed by atoms with Gasteiger partial charge in [-0.25, -0.2) is 13.8 Å². The molecule has 0 bridgehead atoms. The van der Waals surface area contributed by atoms with Gasteiger partial charge in [0.2, 0.25) is 5.95 Å². The monoisotopic (exact) mass is 277 g/mol. The first-order valence-corrected chi connectivity index (χ1v) is 6.13. The molecule has 1 aromatic carbocycles. The van der Waals surface area contributed by atoms with Crippen molar-refractivity contribution in [2.45, 2.75) is 13.0 Å². The number of hydrogen-bond donors (Lipinski definition) is 1.